The van der Waals surface area contributed by atoms with Crippen LogP contribution in [0.5, 0.6) is 0 Å². The van der Waals surface area contributed by atoms with Crippen LogP contribution in [0, 0.1) is 24.2 Å². The molecule has 3 rings (SSSR count). The summed E-state index contributed by atoms with van der Waals surface area (Å²) in [6, 6.07) is 9.74. The molecule has 0 unspecified atom stereocenters. The second kappa shape index (κ2) is 9.82. The van der Waals surface area contributed by atoms with E-state index in [1.807, 2.05) is 36.1 Å². The normalized spacial score (nSPS) is 14.9. The quantitative estimate of drug-likeness (QED) is 0.676. The predicted octanol–water partition coefficient (Wildman–Crippen LogP) is 4.12. The van der Waals surface area contributed by atoms with Crippen LogP contribution in [0.4, 0.5) is 5.69 Å². The number of nitriles is 1. The van der Waals surface area contributed by atoms with Crippen LogP contribution in [0.2, 0.25) is 5.15 Å². The molecular weight excluding hydrogens is 398 g/mol. The number of hydrogen-bond acceptors (Lipinski definition) is 4. The molecule has 0 saturated carbocycles. The number of carbonyl (C=O) groups is 1. The molecule has 1 fully saturated rings. The molecule has 7 heteroatoms. The van der Waals surface area contributed by atoms with E-state index < -0.39 is 0 Å². The van der Waals surface area contributed by atoms with E-state index in [4.69, 9.17) is 16.9 Å². The molecule has 0 atom stereocenters. The molecule has 1 saturated heterocycles. The van der Waals surface area contributed by atoms with Crippen molar-refractivity contribution in [3.63, 3.8) is 0 Å². The number of aryl methyl sites for hydroxylation is 1. The highest BCUT2D eigenvalue weighted by atomic mass is 35.5. The van der Waals surface area contributed by atoms with Crippen LogP contribution < -0.4 is 4.90 Å². The summed E-state index contributed by atoms with van der Waals surface area (Å²) in [7, 11) is 0. The Morgan fingerprint density at radius 1 is 1.23 bits per heavy atom. The van der Waals surface area contributed by atoms with Gasteiger partial charge in [-0.05, 0) is 49.6 Å². The zero-order chi connectivity index (χ0) is 21.7. The topological polar surface area (TPSA) is 65.2 Å². The fourth-order valence-corrected chi connectivity index (χ4v) is 3.93. The van der Waals surface area contributed by atoms with E-state index >= 15 is 0 Å². The molecule has 1 aliphatic rings. The van der Waals surface area contributed by atoms with Crippen LogP contribution in [0.25, 0.3) is 6.08 Å². The fraction of sp³-hybridized carbons (Fsp3) is 0.435. The lowest BCUT2D eigenvalue weighted by Crippen LogP contribution is -2.34. The molecule has 0 radical (unpaired) electrons. The predicted molar refractivity (Wildman–Crippen MR) is 120 cm³/mol. The van der Waals surface area contributed by atoms with Crippen LogP contribution in [0.1, 0.15) is 37.1 Å². The lowest BCUT2D eigenvalue weighted by atomic mass is 10.2. The zero-order valence-corrected chi connectivity index (χ0v) is 18.6. The fourth-order valence-electron chi connectivity index (χ4n) is 3.63. The van der Waals surface area contributed by atoms with Crippen LogP contribution in [-0.2, 0) is 11.3 Å². The Balaban J connectivity index is 1.64. The molecule has 0 spiro atoms. The summed E-state index contributed by atoms with van der Waals surface area (Å²) in [4.78, 5) is 16.9. The average Bonchev–Trinajstić information content (AvgIpc) is 2.91. The van der Waals surface area contributed by atoms with Gasteiger partial charge in [-0.3, -0.25) is 9.48 Å². The van der Waals surface area contributed by atoms with Gasteiger partial charge in [0.1, 0.15) is 5.15 Å². The van der Waals surface area contributed by atoms with Crippen molar-refractivity contribution in [1.82, 2.24) is 14.7 Å². The van der Waals surface area contributed by atoms with Gasteiger partial charge in [0.2, 0.25) is 5.91 Å². The smallest absolute Gasteiger partial charge is 0.246 e. The maximum atomic E-state index is 12.8. The number of rotatable bonds is 5. The van der Waals surface area contributed by atoms with Gasteiger partial charge in [-0.2, -0.15) is 10.4 Å². The van der Waals surface area contributed by atoms with Crippen molar-refractivity contribution in [2.24, 2.45) is 5.92 Å². The minimum Gasteiger partial charge on any atom is -0.370 e. The second-order valence-electron chi connectivity index (χ2n) is 8.02. The largest absolute Gasteiger partial charge is 0.370 e. The van der Waals surface area contributed by atoms with Gasteiger partial charge in [0.15, 0.2) is 0 Å². The van der Waals surface area contributed by atoms with Gasteiger partial charge in [0.25, 0.3) is 0 Å². The molecule has 1 aromatic heterocycles. The van der Waals surface area contributed by atoms with Crippen LogP contribution >= 0.6 is 11.6 Å². The molecule has 158 valence electrons. The summed E-state index contributed by atoms with van der Waals surface area (Å²) in [6.07, 6.45) is 4.28. The number of benzene rings is 1. The Labute approximate surface area is 183 Å². The van der Waals surface area contributed by atoms with Crippen LogP contribution in [0.3, 0.4) is 0 Å². The standard InChI is InChI=1S/C23H28ClN5O/c1-17(2)16-29-23(24)21(18(3)26-29)9-10-22(30)28-12-4-11-27(13-14-28)20-7-5-19(15-25)6-8-20/h5-10,17H,4,11-14,16H2,1-3H3/b10-9+. The Hall–Kier alpha value is -2.78. The summed E-state index contributed by atoms with van der Waals surface area (Å²) in [5.74, 6) is 0.431. The second-order valence-corrected chi connectivity index (χ2v) is 8.38. The number of aromatic nitrogens is 2. The lowest BCUT2D eigenvalue weighted by molar-refractivity contribution is -0.125. The van der Waals surface area contributed by atoms with Crippen molar-refractivity contribution >= 4 is 29.3 Å². The van der Waals surface area contributed by atoms with Gasteiger partial charge < -0.3 is 9.80 Å². The summed E-state index contributed by atoms with van der Waals surface area (Å²) < 4.78 is 1.80. The van der Waals surface area contributed by atoms with E-state index in [1.54, 1.807) is 16.8 Å². The molecule has 0 bridgehead atoms. The Bertz CT molecular complexity index is 955. The first kappa shape index (κ1) is 21.9. The molecule has 0 N–H and O–H groups in total. The Morgan fingerprint density at radius 3 is 2.63 bits per heavy atom. The van der Waals surface area contributed by atoms with Crippen LogP contribution in [0.15, 0.2) is 30.3 Å². The van der Waals surface area contributed by atoms with E-state index in [-0.39, 0.29) is 5.91 Å². The maximum absolute atomic E-state index is 12.8. The molecule has 1 aromatic carbocycles. The average molecular weight is 426 g/mol. The van der Waals surface area contributed by atoms with Crippen molar-refractivity contribution in [2.45, 2.75) is 33.7 Å². The first-order valence-corrected chi connectivity index (χ1v) is 10.7. The minimum absolute atomic E-state index is 0.0104. The number of hydrogen-bond donors (Lipinski definition) is 0. The van der Waals surface area contributed by atoms with Crippen molar-refractivity contribution in [2.75, 3.05) is 31.1 Å². The van der Waals surface area contributed by atoms with Gasteiger partial charge in [-0.1, -0.05) is 25.4 Å². The Morgan fingerprint density at radius 2 is 1.97 bits per heavy atom. The minimum atomic E-state index is -0.0104. The molecule has 6 nitrogen and oxygen atoms in total. The molecule has 2 heterocycles. The SMILES string of the molecule is Cc1nn(CC(C)C)c(Cl)c1/C=C/C(=O)N1CCCN(c2ccc(C#N)cc2)CC1. The molecule has 1 amide bonds. The van der Waals surface area contributed by atoms with Gasteiger partial charge >= 0.3 is 0 Å². The number of amides is 1. The van der Waals surface area contributed by atoms with E-state index in [1.165, 1.54) is 0 Å². The van der Waals surface area contributed by atoms with E-state index in [9.17, 15) is 4.79 Å². The first-order valence-electron chi connectivity index (χ1n) is 10.3. The van der Waals surface area contributed by atoms with Crippen molar-refractivity contribution < 1.29 is 4.79 Å². The number of nitrogens with zero attached hydrogens (tertiary/aromatic N) is 5. The summed E-state index contributed by atoms with van der Waals surface area (Å²) in [5.41, 5.74) is 3.37. The number of anilines is 1. The van der Waals surface area contributed by atoms with Crippen LogP contribution in [-0.4, -0.2) is 46.8 Å². The summed E-state index contributed by atoms with van der Waals surface area (Å²) in [5, 5.41) is 14.0. The summed E-state index contributed by atoms with van der Waals surface area (Å²) >= 11 is 6.48. The van der Waals surface area contributed by atoms with Gasteiger partial charge in [0.05, 0.1) is 17.3 Å². The highest BCUT2D eigenvalue weighted by Gasteiger charge is 2.19. The first-order chi connectivity index (χ1) is 14.4. The third-order valence-corrected chi connectivity index (χ3v) is 5.61. The molecule has 2 aromatic rings. The molecule has 30 heavy (non-hydrogen) atoms. The van der Waals surface area contributed by atoms with Gasteiger partial charge in [0, 0.05) is 50.1 Å². The Kier molecular flexibility index (Phi) is 7.17. The van der Waals surface area contributed by atoms with E-state index in [0.29, 0.717) is 23.2 Å². The highest BCUT2D eigenvalue weighted by molar-refractivity contribution is 6.31. The van der Waals surface area contributed by atoms with Crippen molar-refractivity contribution in [1.29, 1.82) is 5.26 Å². The maximum Gasteiger partial charge on any atom is 0.246 e. The van der Waals surface area contributed by atoms with Crippen molar-refractivity contribution in [3.05, 3.63) is 52.3 Å². The van der Waals surface area contributed by atoms with Crippen molar-refractivity contribution in [3.8, 4) is 6.07 Å². The van der Waals surface area contributed by atoms with Gasteiger partial charge in [-0.15, -0.1) is 0 Å². The molecular formula is C23H28ClN5O. The number of halogens is 1. The highest BCUT2D eigenvalue weighted by Crippen LogP contribution is 2.23. The molecule has 1 aliphatic heterocycles. The zero-order valence-electron chi connectivity index (χ0n) is 17.8. The van der Waals surface area contributed by atoms with E-state index in [0.717, 1.165) is 49.5 Å². The third kappa shape index (κ3) is 5.22. The molecule has 0 aliphatic carbocycles. The summed E-state index contributed by atoms with van der Waals surface area (Å²) in [6.45, 7) is 9.91. The number of carbonyl (C=O) groups excluding carboxylic acids is 1. The van der Waals surface area contributed by atoms with Gasteiger partial charge in [-0.25, -0.2) is 0 Å². The third-order valence-electron chi connectivity index (χ3n) is 5.21. The lowest BCUT2D eigenvalue weighted by Gasteiger charge is -2.23. The van der Waals surface area contributed by atoms with E-state index in [2.05, 4.69) is 29.9 Å². The monoisotopic (exact) mass is 425 g/mol.